The zero-order chi connectivity index (χ0) is 13.8. The van der Waals surface area contributed by atoms with Gasteiger partial charge >= 0.3 is 11.5 Å². The molecule has 0 fully saturated rings. The van der Waals surface area contributed by atoms with E-state index in [1.807, 2.05) is 0 Å². The Morgan fingerprint density at radius 1 is 1.44 bits per heavy atom. The number of nitrogens with two attached hydrogens (primary N) is 1. The molecule has 0 amide bonds. The molecule has 8 heteroatoms. The number of carbonyl (C=O) groups excluding carboxylic acids is 1. The minimum atomic E-state index is -4.34. The van der Waals surface area contributed by atoms with E-state index in [1.165, 1.54) is 12.1 Å². The summed E-state index contributed by atoms with van der Waals surface area (Å²) in [4.78, 5) is 11.5. The van der Waals surface area contributed by atoms with Gasteiger partial charge in [0.25, 0.3) is 0 Å². The van der Waals surface area contributed by atoms with Crippen LogP contribution in [0.3, 0.4) is 0 Å². The monoisotopic (exact) mass is 299 g/mol. The number of hydrogen-bond acceptors (Lipinski definition) is 4. The number of thioether (sulfide) groups is 1. The fourth-order valence-corrected chi connectivity index (χ4v) is 1.78. The number of rotatable bonds is 4. The fraction of sp³-hybridized carbons (Fsp3) is 0.300. The van der Waals surface area contributed by atoms with Crippen molar-refractivity contribution in [3.05, 3.63) is 28.8 Å². The molecule has 1 aromatic carbocycles. The van der Waals surface area contributed by atoms with Crippen LogP contribution in [-0.4, -0.2) is 23.8 Å². The normalized spacial score (nSPS) is 11.3. The Bertz CT molecular complexity index is 419. The molecule has 1 rings (SSSR count). The van der Waals surface area contributed by atoms with Gasteiger partial charge in [-0.05, 0) is 23.9 Å². The number of benzene rings is 1. The summed E-state index contributed by atoms with van der Waals surface area (Å²) < 4.78 is 40.1. The Kier molecular flexibility index (Phi) is 5.15. The van der Waals surface area contributed by atoms with Crippen LogP contribution in [-0.2, 0) is 4.74 Å². The Labute approximate surface area is 110 Å². The highest BCUT2D eigenvalue weighted by atomic mass is 35.5. The second-order valence-electron chi connectivity index (χ2n) is 3.13. The number of halogens is 4. The van der Waals surface area contributed by atoms with Crippen LogP contribution in [0.5, 0.6) is 0 Å². The fourth-order valence-electron chi connectivity index (χ4n) is 1.12. The van der Waals surface area contributed by atoms with Crippen LogP contribution in [0.15, 0.2) is 18.2 Å². The summed E-state index contributed by atoms with van der Waals surface area (Å²) in [6.07, 6.45) is 0. The molecule has 1 aromatic rings. The highest BCUT2D eigenvalue weighted by molar-refractivity contribution is 8.00. The predicted octanol–water partition coefficient (Wildman–Crippen LogP) is 3.33. The van der Waals surface area contributed by atoms with E-state index in [0.29, 0.717) is 0 Å². The number of carbonyl (C=O) groups is 1. The third-order valence-electron chi connectivity index (χ3n) is 1.83. The molecule has 0 unspecified atom stereocenters. The molecule has 0 spiro atoms. The van der Waals surface area contributed by atoms with Gasteiger partial charge in [0.2, 0.25) is 0 Å². The molecule has 0 aliphatic carbocycles. The average Bonchev–Trinajstić information content (AvgIpc) is 2.23. The van der Waals surface area contributed by atoms with E-state index >= 15 is 0 Å². The van der Waals surface area contributed by atoms with Crippen molar-refractivity contribution in [1.29, 1.82) is 0 Å². The second kappa shape index (κ2) is 6.19. The molecule has 0 radical (unpaired) electrons. The Hall–Kier alpha value is -1.08. The maximum atomic E-state index is 11.8. The number of esters is 1. The smallest absolute Gasteiger partial charge is 0.441 e. The highest BCUT2D eigenvalue weighted by Crippen LogP contribution is 2.30. The molecule has 18 heavy (non-hydrogen) atoms. The lowest BCUT2D eigenvalue weighted by atomic mass is 10.2. The largest absolute Gasteiger partial charge is 0.461 e. The Morgan fingerprint density at radius 3 is 2.67 bits per heavy atom. The first kappa shape index (κ1) is 15.0. The maximum Gasteiger partial charge on any atom is 0.441 e. The third kappa shape index (κ3) is 4.66. The van der Waals surface area contributed by atoms with E-state index in [4.69, 9.17) is 17.3 Å². The molecule has 0 saturated heterocycles. The maximum absolute atomic E-state index is 11.8. The first-order valence-electron chi connectivity index (χ1n) is 4.73. The molecular weight excluding hydrogens is 291 g/mol. The molecule has 2 N–H and O–H groups in total. The summed E-state index contributed by atoms with van der Waals surface area (Å²) in [6, 6.07) is 4.44. The Morgan fingerprint density at radius 2 is 2.11 bits per heavy atom. The van der Waals surface area contributed by atoms with Gasteiger partial charge in [-0.1, -0.05) is 17.7 Å². The molecular formula is C10H9ClF3NO2S. The lowest BCUT2D eigenvalue weighted by molar-refractivity contribution is -0.0331. The SMILES string of the molecule is Nc1cccc(Cl)c1C(=O)OCCSC(F)(F)F. The van der Waals surface area contributed by atoms with Crippen molar-refractivity contribution in [2.45, 2.75) is 5.51 Å². The molecule has 0 saturated carbocycles. The number of anilines is 1. The van der Waals surface area contributed by atoms with E-state index in [0.717, 1.165) is 0 Å². The van der Waals surface area contributed by atoms with Crippen molar-refractivity contribution in [2.24, 2.45) is 0 Å². The second-order valence-corrected chi connectivity index (χ2v) is 4.70. The van der Waals surface area contributed by atoms with Crippen molar-refractivity contribution in [3.63, 3.8) is 0 Å². The van der Waals surface area contributed by atoms with Gasteiger partial charge in [-0.2, -0.15) is 13.2 Å². The van der Waals surface area contributed by atoms with Crippen molar-refractivity contribution in [2.75, 3.05) is 18.1 Å². The van der Waals surface area contributed by atoms with Crippen LogP contribution in [0.25, 0.3) is 0 Å². The summed E-state index contributed by atoms with van der Waals surface area (Å²) in [5.74, 6) is -1.21. The van der Waals surface area contributed by atoms with Crippen LogP contribution in [0.4, 0.5) is 18.9 Å². The van der Waals surface area contributed by atoms with Gasteiger partial charge in [-0.15, -0.1) is 0 Å². The molecule has 0 aromatic heterocycles. The predicted molar refractivity (Wildman–Crippen MR) is 64.7 cm³/mol. The van der Waals surface area contributed by atoms with Crippen LogP contribution in [0, 0.1) is 0 Å². The van der Waals surface area contributed by atoms with Crippen LogP contribution in [0.2, 0.25) is 5.02 Å². The van der Waals surface area contributed by atoms with Gasteiger partial charge in [-0.3, -0.25) is 0 Å². The average molecular weight is 300 g/mol. The van der Waals surface area contributed by atoms with Crippen molar-refractivity contribution >= 4 is 35.0 Å². The first-order chi connectivity index (χ1) is 8.31. The summed E-state index contributed by atoms with van der Waals surface area (Å²) in [7, 11) is 0. The minimum Gasteiger partial charge on any atom is -0.461 e. The molecule has 0 bridgehead atoms. The van der Waals surface area contributed by atoms with E-state index in [2.05, 4.69) is 4.74 Å². The summed E-state index contributed by atoms with van der Waals surface area (Å²) in [5.41, 5.74) is 1.28. The number of ether oxygens (including phenoxy) is 1. The molecule has 0 aliphatic rings. The highest BCUT2D eigenvalue weighted by Gasteiger charge is 2.27. The van der Waals surface area contributed by atoms with Crippen molar-refractivity contribution in [3.8, 4) is 0 Å². The Balaban J connectivity index is 2.51. The zero-order valence-electron chi connectivity index (χ0n) is 8.96. The lowest BCUT2D eigenvalue weighted by Gasteiger charge is -2.09. The van der Waals surface area contributed by atoms with Crippen LogP contribution >= 0.6 is 23.4 Å². The molecule has 3 nitrogen and oxygen atoms in total. The van der Waals surface area contributed by atoms with Crippen molar-refractivity contribution < 1.29 is 22.7 Å². The standard InChI is InChI=1S/C10H9ClF3NO2S/c11-6-2-1-3-7(15)8(6)9(16)17-4-5-18-10(12,13)14/h1-3H,4-5,15H2. The molecule has 100 valence electrons. The number of alkyl halides is 3. The lowest BCUT2D eigenvalue weighted by Crippen LogP contribution is -2.12. The summed E-state index contributed by atoms with van der Waals surface area (Å²) in [5, 5.41) is 0.100. The van der Waals surface area contributed by atoms with Crippen LogP contribution < -0.4 is 5.73 Å². The van der Waals surface area contributed by atoms with Gasteiger partial charge < -0.3 is 10.5 Å². The van der Waals surface area contributed by atoms with Gasteiger partial charge in [0.15, 0.2) is 0 Å². The van der Waals surface area contributed by atoms with Crippen molar-refractivity contribution in [1.82, 2.24) is 0 Å². The summed E-state index contributed by atoms with van der Waals surface area (Å²) >= 11 is 5.48. The minimum absolute atomic E-state index is 0.0313. The van der Waals surface area contributed by atoms with Crippen LogP contribution in [0.1, 0.15) is 10.4 Å². The zero-order valence-corrected chi connectivity index (χ0v) is 10.5. The van der Waals surface area contributed by atoms with Gasteiger partial charge in [0, 0.05) is 11.4 Å². The van der Waals surface area contributed by atoms with E-state index in [9.17, 15) is 18.0 Å². The van der Waals surface area contributed by atoms with Gasteiger partial charge in [-0.25, -0.2) is 4.79 Å². The van der Waals surface area contributed by atoms with Gasteiger partial charge in [0.1, 0.15) is 12.2 Å². The number of nitrogen functional groups attached to an aromatic ring is 1. The molecule has 0 heterocycles. The van der Waals surface area contributed by atoms with E-state index in [1.54, 1.807) is 6.07 Å². The molecule has 0 atom stereocenters. The first-order valence-corrected chi connectivity index (χ1v) is 6.09. The topological polar surface area (TPSA) is 52.3 Å². The van der Waals surface area contributed by atoms with Gasteiger partial charge in [0.05, 0.1) is 5.02 Å². The van der Waals surface area contributed by atoms with E-state index in [-0.39, 0.29) is 40.4 Å². The molecule has 0 aliphatic heterocycles. The summed E-state index contributed by atoms with van der Waals surface area (Å²) in [6.45, 7) is -0.367. The van der Waals surface area contributed by atoms with E-state index < -0.39 is 11.5 Å². The number of hydrogen-bond donors (Lipinski definition) is 1. The quantitative estimate of drug-likeness (QED) is 0.526. The third-order valence-corrected chi connectivity index (χ3v) is 2.85.